The fourth-order valence-corrected chi connectivity index (χ4v) is 1.84. The maximum absolute atomic E-state index is 11.0. The van der Waals surface area contributed by atoms with Gasteiger partial charge >= 0.3 is 5.97 Å². The topological polar surface area (TPSA) is 90.4 Å². The Bertz CT molecular complexity index is 431. The van der Waals surface area contributed by atoms with Gasteiger partial charge in [0.15, 0.2) is 5.69 Å². The lowest BCUT2D eigenvalue weighted by molar-refractivity contribution is 0.0690. The summed E-state index contributed by atoms with van der Waals surface area (Å²) in [7, 11) is 0. The van der Waals surface area contributed by atoms with Crippen LogP contribution in [0.25, 0.3) is 0 Å². The fraction of sp³-hybridized carbons (Fsp3) is 0.545. The van der Waals surface area contributed by atoms with E-state index in [1.54, 1.807) is 0 Å². The van der Waals surface area contributed by atoms with Crippen LogP contribution < -0.4 is 15.5 Å². The van der Waals surface area contributed by atoms with Crippen molar-refractivity contribution in [2.75, 3.05) is 42.9 Å². The lowest BCUT2D eigenvalue weighted by Crippen LogP contribution is -2.44. The molecule has 18 heavy (non-hydrogen) atoms. The molecule has 0 aromatic carbocycles. The van der Waals surface area contributed by atoms with Crippen molar-refractivity contribution in [1.29, 1.82) is 0 Å². The van der Waals surface area contributed by atoms with E-state index in [1.165, 1.54) is 6.07 Å². The van der Waals surface area contributed by atoms with Gasteiger partial charge in [-0.2, -0.15) is 4.98 Å². The van der Waals surface area contributed by atoms with Gasteiger partial charge in [-0.3, -0.25) is 0 Å². The summed E-state index contributed by atoms with van der Waals surface area (Å²) < 4.78 is 0. The van der Waals surface area contributed by atoms with Gasteiger partial charge in [0.2, 0.25) is 5.95 Å². The average Bonchev–Trinajstić information content (AvgIpc) is 2.40. The molecule has 7 nitrogen and oxygen atoms in total. The first-order valence-electron chi connectivity index (χ1n) is 6.02. The van der Waals surface area contributed by atoms with Crippen LogP contribution in [0.1, 0.15) is 17.4 Å². The van der Waals surface area contributed by atoms with Gasteiger partial charge in [-0.25, -0.2) is 9.78 Å². The molecule has 1 fully saturated rings. The zero-order chi connectivity index (χ0) is 13.0. The van der Waals surface area contributed by atoms with Crippen molar-refractivity contribution in [2.45, 2.75) is 6.92 Å². The second kappa shape index (κ2) is 5.63. The van der Waals surface area contributed by atoms with Crippen LogP contribution in [0.4, 0.5) is 11.8 Å². The minimum absolute atomic E-state index is 0.0227. The Morgan fingerprint density at radius 1 is 1.50 bits per heavy atom. The Morgan fingerprint density at radius 2 is 2.22 bits per heavy atom. The van der Waals surface area contributed by atoms with Crippen LogP contribution in [0.2, 0.25) is 0 Å². The van der Waals surface area contributed by atoms with Crippen LogP contribution in [0.3, 0.4) is 0 Å². The third-order valence-corrected chi connectivity index (χ3v) is 2.71. The molecule has 1 aromatic heterocycles. The average molecular weight is 251 g/mol. The summed E-state index contributed by atoms with van der Waals surface area (Å²) >= 11 is 0. The molecular formula is C11H17N5O2. The monoisotopic (exact) mass is 251 g/mol. The van der Waals surface area contributed by atoms with Crippen molar-refractivity contribution < 1.29 is 9.90 Å². The van der Waals surface area contributed by atoms with E-state index >= 15 is 0 Å². The predicted molar refractivity (Wildman–Crippen MR) is 68.2 cm³/mol. The van der Waals surface area contributed by atoms with Crippen molar-refractivity contribution in [1.82, 2.24) is 15.3 Å². The second-order valence-corrected chi connectivity index (χ2v) is 4.01. The summed E-state index contributed by atoms with van der Waals surface area (Å²) in [4.78, 5) is 21.4. The second-order valence-electron chi connectivity index (χ2n) is 4.01. The molecule has 1 aromatic rings. The largest absolute Gasteiger partial charge is 0.477 e. The van der Waals surface area contributed by atoms with E-state index in [1.807, 2.05) is 6.92 Å². The first-order chi connectivity index (χ1) is 8.70. The summed E-state index contributed by atoms with van der Waals surface area (Å²) in [6.07, 6.45) is 0. The summed E-state index contributed by atoms with van der Waals surface area (Å²) in [5.41, 5.74) is 0.0227. The molecule has 0 unspecified atom stereocenters. The lowest BCUT2D eigenvalue weighted by Gasteiger charge is -2.28. The van der Waals surface area contributed by atoms with Gasteiger partial charge in [-0.15, -0.1) is 0 Å². The smallest absolute Gasteiger partial charge is 0.354 e. The number of hydrogen-bond acceptors (Lipinski definition) is 6. The standard InChI is InChI=1S/C11H17N5O2/c1-2-13-11-14-8(10(17)18)7-9(15-11)16-5-3-12-4-6-16/h7,12H,2-6H2,1H3,(H,17,18)(H,13,14,15). The summed E-state index contributed by atoms with van der Waals surface area (Å²) in [5.74, 6) is -0.00119. The maximum atomic E-state index is 11.0. The van der Waals surface area contributed by atoms with E-state index in [2.05, 4.69) is 25.5 Å². The highest BCUT2D eigenvalue weighted by Gasteiger charge is 2.16. The highest BCUT2D eigenvalue weighted by molar-refractivity contribution is 5.86. The zero-order valence-corrected chi connectivity index (χ0v) is 10.3. The molecule has 98 valence electrons. The Kier molecular flexibility index (Phi) is 3.93. The van der Waals surface area contributed by atoms with Gasteiger partial charge in [0.25, 0.3) is 0 Å². The SMILES string of the molecule is CCNc1nc(C(=O)O)cc(N2CCNCC2)n1. The molecule has 0 amide bonds. The molecule has 1 aliphatic heterocycles. The van der Waals surface area contributed by atoms with Gasteiger partial charge in [-0.05, 0) is 6.92 Å². The van der Waals surface area contributed by atoms with E-state index < -0.39 is 5.97 Å². The first-order valence-corrected chi connectivity index (χ1v) is 6.02. The fourth-order valence-electron chi connectivity index (χ4n) is 1.84. The molecule has 3 N–H and O–H groups in total. The molecule has 2 rings (SSSR count). The van der Waals surface area contributed by atoms with Crippen molar-refractivity contribution in [3.8, 4) is 0 Å². The highest BCUT2D eigenvalue weighted by Crippen LogP contribution is 2.15. The predicted octanol–water partition coefficient (Wildman–Crippen LogP) is 0.0162. The Hall–Kier alpha value is -1.89. The number of carbonyl (C=O) groups is 1. The minimum Gasteiger partial charge on any atom is -0.477 e. The molecule has 7 heteroatoms. The quantitative estimate of drug-likeness (QED) is 0.694. The van der Waals surface area contributed by atoms with Crippen LogP contribution in [0.5, 0.6) is 0 Å². The number of aromatic carboxylic acids is 1. The molecular weight excluding hydrogens is 234 g/mol. The zero-order valence-electron chi connectivity index (χ0n) is 10.3. The summed E-state index contributed by atoms with van der Waals surface area (Å²) in [5, 5.41) is 15.3. The number of carboxylic acids is 1. The molecule has 2 heterocycles. The number of aromatic nitrogens is 2. The number of hydrogen-bond donors (Lipinski definition) is 3. The van der Waals surface area contributed by atoms with Crippen molar-refractivity contribution in [3.63, 3.8) is 0 Å². The number of nitrogens with one attached hydrogen (secondary N) is 2. The van der Waals surface area contributed by atoms with Crippen LogP contribution in [0.15, 0.2) is 6.07 Å². The number of anilines is 2. The van der Waals surface area contributed by atoms with Crippen LogP contribution in [-0.2, 0) is 0 Å². The van der Waals surface area contributed by atoms with Gasteiger partial charge in [0.1, 0.15) is 5.82 Å². The van der Waals surface area contributed by atoms with Gasteiger partial charge < -0.3 is 20.6 Å². The van der Waals surface area contributed by atoms with E-state index in [-0.39, 0.29) is 5.69 Å². The molecule has 0 aliphatic carbocycles. The Balaban J connectivity index is 2.29. The number of carboxylic acid groups (broad SMARTS) is 1. The normalized spacial score (nSPS) is 15.5. The molecule has 0 saturated carbocycles. The van der Waals surface area contributed by atoms with Crippen molar-refractivity contribution in [3.05, 3.63) is 11.8 Å². The van der Waals surface area contributed by atoms with Crippen molar-refractivity contribution >= 4 is 17.7 Å². The van der Waals surface area contributed by atoms with E-state index in [0.717, 1.165) is 26.2 Å². The molecule has 1 saturated heterocycles. The molecule has 1 aliphatic rings. The van der Waals surface area contributed by atoms with Crippen LogP contribution in [0, 0.1) is 0 Å². The van der Waals surface area contributed by atoms with Gasteiger partial charge in [-0.1, -0.05) is 0 Å². The summed E-state index contributed by atoms with van der Waals surface area (Å²) in [6, 6.07) is 1.52. The van der Waals surface area contributed by atoms with Crippen LogP contribution >= 0.6 is 0 Å². The Labute approximate surface area is 105 Å². The number of nitrogens with zero attached hydrogens (tertiary/aromatic N) is 3. The van der Waals surface area contributed by atoms with E-state index in [0.29, 0.717) is 18.3 Å². The first kappa shape index (κ1) is 12.6. The van der Waals surface area contributed by atoms with Gasteiger partial charge in [0.05, 0.1) is 0 Å². The number of piperazine rings is 1. The number of rotatable bonds is 4. The molecule has 0 radical (unpaired) electrons. The third-order valence-electron chi connectivity index (χ3n) is 2.71. The minimum atomic E-state index is -1.03. The van der Waals surface area contributed by atoms with E-state index in [9.17, 15) is 4.79 Å². The van der Waals surface area contributed by atoms with Crippen molar-refractivity contribution in [2.24, 2.45) is 0 Å². The summed E-state index contributed by atoms with van der Waals surface area (Å²) in [6.45, 7) is 5.97. The molecule has 0 spiro atoms. The third kappa shape index (κ3) is 2.86. The Morgan fingerprint density at radius 3 is 2.83 bits per heavy atom. The molecule has 0 bridgehead atoms. The highest BCUT2D eigenvalue weighted by atomic mass is 16.4. The van der Waals surface area contributed by atoms with E-state index in [4.69, 9.17) is 5.11 Å². The van der Waals surface area contributed by atoms with Crippen LogP contribution in [-0.4, -0.2) is 53.8 Å². The molecule has 0 atom stereocenters. The van der Waals surface area contributed by atoms with Gasteiger partial charge in [0, 0.05) is 38.8 Å². The lowest BCUT2D eigenvalue weighted by atomic mass is 10.3. The maximum Gasteiger partial charge on any atom is 0.354 e.